The molecule has 1 aromatic carbocycles. The summed E-state index contributed by atoms with van der Waals surface area (Å²) in [4.78, 5) is 25.8. The van der Waals surface area contributed by atoms with E-state index in [-0.39, 0.29) is 5.91 Å². The molecule has 1 aromatic heterocycles. The second-order valence-electron chi connectivity index (χ2n) is 8.09. The molecule has 1 saturated heterocycles. The summed E-state index contributed by atoms with van der Waals surface area (Å²) in [7, 11) is 2.16. The Morgan fingerprint density at radius 3 is 2.45 bits per heavy atom. The molecule has 0 bridgehead atoms. The monoisotopic (exact) mass is 396 g/mol. The summed E-state index contributed by atoms with van der Waals surface area (Å²) in [6.45, 7) is 11.0. The number of carbonyl (C=O) groups excluding carboxylic acids is 1. The van der Waals surface area contributed by atoms with E-state index in [1.165, 1.54) is 5.69 Å². The molecule has 3 rings (SSSR count). The van der Waals surface area contributed by atoms with Crippen LogP contribution in [0.5, 0.6) is 0 Å². The molecule has 29 heavy (non-hydrogen) atoms. The Balaban J connectivity index is 1.63. The predicted octanol–water partition coefficient (Wildman–Crippen LogP) is 3.06. The first-order valence-corrected chi connectivity index (χ1v) is 10.3. The van der Waals surface area contributed by atoms with E-state index in [1.54, 1.807) is 13.0 Å². The zero-order valence-corrected chi connectivity index (χ0v) is 17.9. The molecule has 2 N–H and O–H groups in total. The predicted molar refractivity (Wildman–Crippen MR) is 118 cm³/mol. The number of benzene rings is 1. The maximum absolute atomic E-state index is 12.4. The van der Waals surface area contributed by atoms with Gasteiger partial charge in [-0.05, 0) is 50.6 Å². The molecular formula is C22H32N6O. The number of carbonyl (C=O) groups is 1. The fourth-order valence-corrected chi connectivity index (χ4v) is 3.28. The van der Waals surface area contributed by atoms with Gasteiger partial charge in [0.25, 0.3) is 5.91 Å². The van der Waals surface area contributed by atoms with Crippen molar-refractivity contribution < 1.29 is 4.79 Å². The molecule has 156 valence electrons. The van der Waals surface area contributed by atoms with Crippen LogP contribution >= 0.6 is 0 Å². The van der Waals surface area contributed by atoms with Crippen LogP contribution in [0.1, 0.15) is 36.6 Å². The number of aryl methyl sites for hydroxylation is 1. The van der Waals surface area contributed by atoms with E-state index in [4.69, 9.17) is 0 Å². The summed E-state index contributed by atoms with van der Waals surface area (Å²) in [6.07, 6.45) is 0.945. The lowest BCUT2D eigenvalue weighted by molar-refractivity contribution is 0.0946. The Labute approximate surface area is 173 Å². The molecule has 0 radical (unpaired) electrons. The minimum absolute atomic E-state index is 0.162. The first-order valence-electron chi connectivity index (χ1n) is 10.3. The summed E-state index contributed by atoms with van der Waals surface area (Å²) in [6, 6.07) is 10.1. The van der Waals surface area contributed by atoms with Crippen molar-refractivity contribution in [3.63, 3.8) is 0 Å². The highest BCUT2D eigenvalue weighted by Gasteiger charge is 2.14. The second kappa shape index (κ2) is 9.69. The fourth-order valence-electron chi connectivity index (χ4n) is 3.28. The zero-order chi connectivity index (χ0) is 20.8. The molecule has 1 amide bonds. The first kappa shape index (κ1) is 21.0. The van der Waals surface area contributed by atoms with Gasteiger partial charge in [-0.1, -0.05) is 13.8 Å². The van der Waals surface area contributed by atoms with Crippen LogP contribution in [0.4, 0.5) is 17.2 Å². The molecule has 0 spiro atoms. The van der Waals surface area contributed by atoms with Gasteiger partial charge in [0.1, 0.15) is 17.3 Å². The largest absolute Gasteiger partial charge is 0.369 e. The van der Waals surface area contributed by atoms with Gasteiger partial charge in [-0.3, -0.25) is 4.79 Å². The Kier molecular flexibility index (Phi) is 7.04. The van der Waals surface area contributed by atoms with Crippen molar-refractivity contribution in [2.24, 2.45) is 5.92 Å². The van der Waals surface area contributed by atoms with Crippen LogP contribution in [0.15, 0.2) is 30.3 Å². The standard InChI is InChI=1S/C22H32N6O/c1-16(2)9-10-23-22(29)20-15-21(25-17(3)24-20)26-18-5-7-19(8-6-18)28-13-11-27(4)12-14-28/h5-8,15-16H,9-14H2,1-4H3,(H,23,29)(H,24,25,26). The van der Waals surface area contributed by atoms with Crippen molar-refractivity contribution in [1.29, 1.82) is 0 Å². The third-order valence-corrected chi connectivity index (χ3v) is 5.09. The van der Waals surface area contributed by atoms with E-state index in [9.17, 15) is 4.79 Å². The number of rotatable bonds is 7. The molecule has 0 unspecified atom stereocenters. The van der Waals surface area contributed by atoms with Gasteiger partial charge in [0.15, 0.2) is 0 Å². The SMILES string of the molecule is Cc1nc(Nc2ccc(N3CCN(C)CC3)cc2)cc(C(=O)NCCC(C)C)n1. The highest BCUT2D eigenvalue weighted by molar-refractivity contribution is 5.93. The van der Waals surface area contributed by atoms with E-state index in [1.807, 2.05) is 12.1 Å². The molecular weight excluding hydrogens is 364 g/mol. The molecule has 7 heteroatoms. The third kappa shape index (κ3) is 6.15. The van der Waals surface area contributed by atoms with Crippen LogP contribution in [0.25, 0.3) is 0 Å². The number of likely N-dealkylation sites (N-methyl/N-ethyl adjacent to an activating group) is 1. The Morgan fingerprint density at radius 1 is 1.10 bits per heavy atom. The quantitative estimate of drug-likeness (QED) is 0.749. The molecule has 1 aliphatic rings. The molecule has 2 heterocycles. The molecule has 1 fully saturated rings. The van der Waals surface area contributed by atoms with E-state index < -0.39 is 0 Å². The average molecular weight is 397 g/mol. The smallest absolute Gasteiger partial charge is 0.270 e. The van der Waals surface area contributed by atoms with Crippen LogP contribution in [0, 0.1) is 12.8 Å². The maximum Gasteiger partial charge on any atom is 0.270 e. The number of hydrogen-bond donors (Lipinski definition) is 2. The minimum atomic E-state index is -0.162. The van der Waals surface area contributed by atoms with Crippen molar-refractivity contribution in [2.75, 3.05) is 50.0 Å². The van der Waals surface area contributed by atoms with Gasteiger partial charge in [-0.25, -0.2) is 9.97 Å². The van der Waals surface area contributed by atoms with Gasteiger partial charge in [0.05, 0.1) is 0 Å². The molecule has 0 saturated carbocycles. The summed E-state index contributed by atoms with van der Waals surface area (Å²) < 4.78 is 0. The third-order valence-electron chi connectivity index (χ3n) is 5.09. The van der Waals surface area contributed by atoms with Gasteiger partial charge in [0.2, 0.25) is 0 Å². The van der Waals surface area contributed by atoms with Crippen molar-refractivity contribution in [3.05, 3.63) is 41.9 Å². The van der Waals surface area contributed by atoms with Crippen molar-refractivity contribution in [2.45, 2.75) is 27.2 Å². The Morgan fingerprint density at radius 2 is 1.79 bits per heavy atom. The van der Waals surface area contributed by atoms with Crippen molar-refractivity contribution in [3.8, 4) is 0 Å². The van der Waals surface area contributed by atoms with E-state index >= 15 is 0 Å². The summed E-state index contributed by atoms with van der Waals surface area (Å²) >= 11 is 0. The summed E-state index contributed by atoms with van der Waals surface area (Å²) in [5, 5.41) is 6.22. The van der Waals surface area contributed by atoms with Crippen LogP contribution in [-0.4, -0.2) is 60.5 Å². The molecule has 1 aliphatic heterocycles. The average Bonchev–Trinajstić information content (AvgIpc) is 2.68. The number of aromatic nitrogens is 2. The maximum atomic E-state index is 12.4. The van der Waals surface area contributed by atoms with Gasteiger partial charge in [0, 0.05) is 50.2 Å². The molecule has 0 aliphatic carbocycles. The lowest BCUT2D eigenvalue weighted by atomic mass is 10.1. The van der Waals surface area contributed by atoms with E-state index in [0.29, 0.717) is 29.8 Å². The fraction of sp³-hybridized carbons (Fsp3) is 0.500. The molecule has 7 nitrogen and oxygen atoms in total. The number of piperazine rings is 1. The highest BCUT2D eigenvalue weighted by atomic mass is 16.1. The van der Waals surface area contributed by atoms with Gasteiger partial charge >= 0.3 is 0 Å². The minimum Gasteiger partial charge on any atom is -0.369 e. The van der Waals surface area contributed by atoms with Crippen LogP contribution < -0.4 is 15.5 Å². The Bertz CT molecular complexity index is 813. The van der Waals surface area contributed by atoms with Crippen LogP contribution in [-0.2, 0) is 0 Å². The van der Waals surface area contributed by atoms with Gasteiger partial charge in [-0.2, -0.15) is 0 Å². The van der Waals surface area contributed by atoms with Crippen molar-refractivity contribution in [1.82, 2.24) is 20.2 Å². The summed E-state index contributed by atoms with van der Waals surface area (Å²) in [5.74, 6) is 1.58. The van der Waals surface area contributed by atoms with Gasteiger partial charge < -0.3 is 20.4 Å². The number of nitrogens with zero attached hydrogens (tertiary/aromatic N) is 4. The number of hydrogen-bond acceptors (Lipinski definition) is 6. The number of nitrogens with one attached hydrogen (secondary N) is 2. The first-order chi connectivity index (χ1) is 13.9. The number of anilines is 3. The lowest BCUT2D eigenvalue weighted by Gasteiger charge is -2.34. The molecule has 0 atom stereocenters. The Hall–Kier alpha value is -2.67. The van der Waals surface area contributed by atoms with E-state index in [0.717, 1.165) is 38.3 Å². The summed E-state index contributed by atoms with van der Waals surface area (Å²) in [5.41, 5.74) is 2.55. The van der Waals surface area contributed by atoms with Gasteiger partial charge in [-0.15, -0.1) is 0 Å². The van der Waals surface area contributed by atoms with Crippen LogP contribution in [0.2, 0.25) is 0 Å². The molecule has 2 aromatic rings. The second-order valence-corrected chi connectivity index (χ2v) is 8.09. The normalized spacial score (nSPS) is 14.9. The van der Waals surface area contributed by atoms with Crippen LogP contribution in [0.3, 0.4) is 0 Å². The topological polar surface area (TPSA) is 73.4 Å². The highest BCUT2D eigenvalue weighted by Crippen LogP contribution is 2.21. The lowest BCUT2D eigenvalue weighted by Crippen LogP contribution is -2.44. The van der Waals surface area contributed by atoms with Crippen molar-refractivity contribution >= 4 is 23.1 Å². The van der Waals surface area contributed by atoms with E-state index in [2.05, 4.69) is 63.4 Å². The number of amides is 1. The zero-order valence-electron chi connectivity index (χ0n) is 17.9.